The Morgan fingerprint density at radius 3 is 2.37 bits per heavy atom. The minimum atomic E-state index is -0.769. The number of likely N-dealkylation sites (N-methyl/N-ethyl adjacent to an activating group) is 1. The summed E-state index contributed by atoms with van der Waals surface area (Å²) in [5.41, 5.74) is 8.39. The monoisotopic (exact) mass is 709 g/mol. The third-order valence-corrected chi connectivity index (χ3v) is 8.32. The minimum Gasteiger partial charge on any atom is -0.403 e. The quantitative estimate of drug-likeness (QED) is 0.0802. The van der Waals surface area contributed by atoms with Gasteiger partial charge in [0.15, 0.2) is 0 Å². The number of nitrogens with one attached hydrogen (secondary N) is 3. The summed E-state index contributed by atoms with van der Waals surface area (Å²) in [4.78, 5) is 41.0. The summed E-state index contributed by atoms with van der Waals surface area (Å²) in [7, 11) is 2.01. The van der Waals surface area contributed by atoms with Crippen LogP contribution in [0.15, 0.2) is 94.0 Å². The van der Waals surface area contributed by atoms with E-state index in [1.807, 2.05) is 49.5 Å². The van der Waals surface area contributed by atoms with Crippen LogP contribution in [0, 0.1) is 0 Å². The average Bonchev–Trinajstić information content (AvgIpc) is 3.12. The first kappa shape index (κ1) is 39.0. The van der Waals surface area contributed by atoms with Crippen molar-refractivity contribution in [1.29, 1.82) is 0 Å². The molecule has 6 N–H and O–H groups in total. The molecule has 0 aliphatic carbocycles. The maximum absolute atomic E-state index is 13.1. The number of urea groups is 1. The van der Waals surface area contributed by atoms with Crippen LogP contribution in [0.3, 0.4) is 0 Å². The first-order valence-corrected chi connectivity index (χ1v) is 17.0. The van der Waals surface area contributed by atoms with E-state index in [1.54, 1.807) is 13.0 Å². The molecule has 13 heteroatoms. The number of anilines is 1. The zero-order valence-electron chi connectivity index (χ0n) is 28.0. The Morgan fingerprint density at radius 1 is 1.00 bits per heavy atom. The number of amides is 3. The van der Waals surface area contributed by atoms with Gasteiger partial charge in [-0.2, -0.15) is 5.10 Å². The maximum Gasteiger partial charge on any atom is 0.323 e. The van der Waals surface area contributed by atoms with Gasteiger partial charge in [-0.1, -0.05) is 79.4 Å². The molecule has 3 amide bonds. The molecule has 0 aliphatic rings. The van der Waals surface area contributed by atoms with Crippen molar-refractivity contribution < 1.29 is 14.7 Å². The van der Waals surface area contributed by atoms with Crippen molar-refractivity contribution in [3.8, 4) is 22.4 Å². The van der Waals surface area contributed by atoms with Crippen LogP contribution in [0.25, 0.3) is 22.4 Å². The number of hydrogen-bond acceptors (Lipinski definition) is 7. The summed E-state index contributed by atoms with van der Waals surface area (Å²) < 4.78 is 1.25. The van der Waals surface area contributed by atoms with Crippen LogP contribution >= 0.6 is 23.2 Å². The Hall–Kier alpha value is -4.42. The number of aliphatic hydroxyl groups is 1. The SMILES string of the molecule is C=C/C(Cl)=C(NC(=O)Nc1cc(-c2cccc(-c3cccc(C(=O)NCCCCCCCN(C)CCO)c3)c2)nn(CC)c1=O)\C(Cl)=C/N. The molecule has 49 heavy (non-hydrogen) atoms. The Morgan fingerprint density at radius 2 is 1.67 bits per heavy atom. The van der Waals surface area contributed by atoms with Gasteiger partial charge in [-0.05, 0) is 74.8 Å². The van der Waals surface area contributed by atoms with Crippen LogP contribution in [0.1, 0.15) is 49.4 Å². The Bertz CT molecular complexity index is 1720. The summed E-state index contributed by atoms with van der Waals surface area (Å²) in [5, 5.41) is 21.6. The fourth-order valence-electron chi connectivity index (χ4n) is 4.99. The van der Waals surface area contributed by atoms with Crippen molar-refractivity contribution in [2.75, 3.05) is 38.6 Å². The third-order valence-electron chi connectivity index (χ3n) is 7.66. The maximum atomic E-state index is 13.1. The molecule has 3 aromatic rings. The minimum absolute atomic E-state index is 0.0128. The van der Waals surface area contributed by atoms with E-state index in [4.69, 9.17) is 34.0 Å². The molecule has 0 aliphatic heterocycles. The lowest BCUT2D eigenvalue weighted by atomic mass is 9.99. The molecule has 2 aromatic carbocycles. The summed E-state index contributed by atoms with van der Waals surface area (Å²) in [6.45, 7) is 8.06. The Labute approximate surface area is 297 Å². The van der Waals surface area contributed by atoms with E-state index in [0.717, 1.165) is 56.0 Å². The molecule has 262 valence electrons. The number of aliphatic hydroxyl groups excluding tert-OH is 1. The average molecular weight is 711 g/mol. The first-order valence-electron chi connectivity index (χ1n) is 16.2. The van der Waals surface area contributed by atoms with E-state index in [-0.39, 0.29) is 40.5 Å². The Balaban J connectivity index is 1.70. The molecular weight excluding hydrogens is 665 g/mol. The van der Waals surface area contributed by atoms with Crippen LogP contribution in [0.5, 0.6) is 0 Å². The highest BCUT2D eigenvalue weighted by Gasteiger charge is 2.16. The second-order valence-corrected chi connectivity index (χ2v) is 12.1. The molecule has 0 unspecified atom stereocenters. The standard InChI is InChI=1S/C36H45Cl2N7O4/c1-4-29(37)33(30(38)24-39)42-36(49)41-32-23-31(43-45(5-2)35(32)48)27-15-11-13-25(21-27)26-14-12-16-28(22-26)34(47)40-17-9-7-6-8-10-18-44(3)19-20-46/h4,11-16,21-24,46H,1,5-10,17-20,39H2,2-3H3,(H,40,47)(H2,41,42,49)/b30-24+,33-29-. The molecule has 0 saturated heterocycles. The van der Waals surface area contributed by atoms with E-state index in [2.05, 4.69) is 32.5 Å². The number of rotatable bonds is 18. The van der Waals surface area contributed by atoms with E-state index < -0.39 is 11.6 Å². The van der Waals surface area contributed by atoms with Crippen LogP contribution in [0.2, 0.25) is 0 Å². The van der Waals surface area contributed by atoms with Gasteiger partial charge in [-0.25, -0.2) is 9.48 Å². The molecule has 0 bridgehead atoms. The molecule has 0 spiro atoms. The number of aryl methyl sites for hydroxylation is 1. The summed E-state index contributed by atoms with van der Waals surface area (Å²) in [6, 6.07) is 15.7. The van der Waals surface area contributed by atoms with E-state index in [0.29, 0.717) is 29.9 Å². The molecule has 0 atom stereocenters. The molecule has 0 radical (unpaired) electrons. The Kier molecular flexibility index (Phi) is 16.1. The van der Waals surface area contributed by atoms with Crippen LogP contribution in [0.4, 0.5) is 10.5 Å². The van der Waals surface area contributed by atoms with Gasteiger partial charge in [0.05, 0.1) is 28.1 Å². The second kappa shape index (κ2) is 20.2. The zero-order valence-corrected chi connectivity index (χ0v) is 29.5. The van der Waals surface area contributed by atoms with E-state index in [1.165, 1.54) is 16.8 Å². The van der Waals surface area contributed by atoms with E-state index >= 15 is 0 Å². The number of carbonyl (C=O) groups is 2. The van der Waals surface area contributed by atoms with Gasteiger partial charge in [-0.3, -0.25) is 9.59 Å². The molecular formula is C36H45Cl2N7O4. The van der Waals surface area contributed by atoms with Crippen molar-refractivity contribution in [2.45, 2.75) is 45.6 Å². The predicted molar refractivity (Wildman–Crippen MR) is 198 cm³/mol. The number of carbonyl (C=O) groups excluding carboxylic acids is 2. The highest BCUT2D eigenvalue weighted by molar-refractivity contribution is 6.36. The highest BCUT2D eigenvalue weighted by Crippen LogP contribution is 2.27. The van der Waals surface area contributed by atoms with Crippen LogP contribution in [-0.2, 0) is 6.54 Å². The van der Waals surface area contributed by atoms with Gasteiger partial charge in [0.2, 0.25) is 0 Å². The molecule has 1 heterocycles. The first-order chi connectivity index (χ1) is 23.6. The van der Waals surface area contributed by atoms with Crippen molar-refractivity contribution in [3.63, 3.8) is 0 Å². The lowest BCUT2D eigenvalue weighted by Crippen LogP contribution is -2.33. The van der Waals surface area contributed by atoms with Gasteiger partial charge >= 0.3 is 6.03 Å². The number of hydrogen-bond donors (Lipinski definition) is 5. The summed E-state index contributed by atoms with van der Waals surface area (Å²) in [5.74, 6) is -0.134. The number of allylic oxidation sites excluding steroid dienone is 3. The number of nitrogens with two attached hydrogens (primary N) is 1. The number of nitrogens with zero attached hydrogens (tertiary/aromatic N) is 3. The van der Waals surface area contributed by atoms with Crippen molar-refractivity contribution in [3.05, 3.63) is 105 Å². The number of halogens is 2. The zero-order chi connectivity index (χ0) is 35.8. The fraction of sp³-hybridized carbons (Fsp3) is 0.333. The molecule has 3 rings (SSSR count). The molecule has 0 saturated carbocycles. The topological polar surface area (TPSA) is 155 Å². The van der Waals surface area contributed by atoms with Gasteiger partial charge < -0.3 is 31.7 Å². The largest absolute Gasteiger partial charge is 0.403 e. The van der Waals surface area contributed by atoms with Crippen molar-refractivity contribution in [2.24, 2.45) is 5.73 Å². The predicted octanol–water partition coefficient (Wildman–Crippen LogP) is 6.00. The molecule has 1 aromatic heterocycles. The van der Waals surface area contributed by atoms with Gasteiger partial charge in [0, 0.05) is 37.0 Å². The number of benzene rings is 2. The normalized spacial score (nSPS) is 12.0. The lowest BCUT2D eigenvalue weighted by molar-refractivity contribution is 0.0953. The molecule has 0 fully saturated rings. The molecule has 11 nitrogen and oxygen atoms in total. The second-order valence-electron chi connectivity index (χ2n) is 11.3. The van der Waals surface area contributed by atoms with Crippen molar-refractivity contribution >= 4 is 40.8 Å². The smallest absolute Gasteiger partial charge is 0.323 e. The van der Waals surface area contributed by atoms with E-state index in [9.17, 15) is 14.4 Å². The van der Waals surface area contributed by atoms with Gasteiger partial charge in [0.25, 0.3) is 11.5 Å². The van der Waals surface area contributed by atoms with Crippen LogP contribution < -0.4 is 27.2 Å². The fourth-order valence-corrected chi connectivity index (χ4v) is 5.34. The highest BCUT2D eigenvalue weighted by atomic mass is 35.5. The number of aromatic nitrogens is 2. The van der Waals surface area contributed by atoms with Gasteiger partial charge in [0.1, 0.15) is 5.69 Å². The lowest BCUT2D eigenvalue weighted by Gasteiger charge is -2.14. The number of unbranched alkanes of at least 4 members (excludes halogenated alkanes) is 4. The third kappa shape index (κ3) is 11.9. The van der Waals surface area contributed by atoms with Crippen molar-refractivity contribution in [1.82, 2.24) is 25.3 Å². The van der Waals surface area contributed by atoms with Crippen LogP contribution in [-0.4, -0.2) is 65.0 Å². The van der Waals surface area contributed by atoms with Gasteiger partial charge in [-0.15, -0.1) is 0 Å². The summed E-state index contributed by atoms with van der Waals surface area (Å²) >= 11 is 12.2. The summed E-state index contributed by atoms with van der Waals surface area (Å²) in [6.07, 6.45) is 7.63.